The van der Waals surface area contributed by atoms with Crippen LogP contribution in [0.3, 0.4) is 0 Å². The van der Waals surface area contributed by atoms with Crippen molar-refractivity contribution < 1.29 is 18.0 Å². The number of carbonyl (C=O) groups is 2. The van der Waals surface area contributed by atoms with Crippen LogP contribution in [0.25, 0.3) is 0 Å². The fraction of sp³-hybridized carbons (Fsp3) is 0.0909. The second-order valence-electron chi connectivity index (χ2n) is 6.39. The van der Waals surface area contributed by atoms with Gasteiger partial charge in [-0.05, 0) is 55.5 Å². The minimum absolute atomic E-state index is 0.127. The summed E-state index contributed by atoms with van der Waals surface area (Å²) < 4.78 is 27.4. The van der Waals surface area contributed by atoms with Gasteiger partial charge in [0.2, 0.25) is 0 Å². The van der Waals surface area contributed by atoms with E-state index in [1.165, 1.54) is 18.2 Å². The van der Waals surface area contributed by atoms with E-state index >= 15 is 0 Å². The van der Waals surface area contributed by atoms with E-state index in [1.807, 2.05) is 6.92 Å². The molecule has 0 aromatic heterocycles. The number of hydrogen-bond donors (Lipinski definition) is 3. The van der Waals surface area contributed by atoms with Crippen LogP contribution in [0.5, 0.6) is 0 Å². The molecule has 8 heteroatoms. The molecule has 0 fully saturated rings. The molecular formula is C22H21N3O4S. The minimum atomic E-state index is -3.76. The van der Waals surface area contributed by atoms with Gasteiger partial charge in [0.15, 0.2) is 0 Å². The van der Waals surface area contributed by atoms with Crippen molar-refractivity contribution in [2.24, 2.45) is 0 Å². The Morgan fingerprint density at radius 3 is 2.03 bits per heavy atom. The number of rotatable bonds is 7. The van der Waals surface area contributed by atoms with E-state index in [1.54, 1.807) is 60.7 Å². The van der Waals surface area contributed by atoms with E-state index in [2.05, 4.69) is 15.4 Å². The molecule has 3 aromatic carbocycles. The van der Waals surface area contributed by atoms with E-state index in [-0.39, 0.29) is 22.1 Å². The lowest BCUT2D eigenvalue weighted by Gasteiger charge is -2.10. The lowest BCUT2D eigenvalue weighted by atomic mass is 10.1. The SMILES string of the molecule is CCNC(=O)c1cccc(NC(=O)c2cccc(NS(=O)(=O)c3ccccc3)c2)c1. The molecule has 0 bridgehead atoms. The number of amides is 2. The van der Waals surface area contributed by atoms with Gasteiger partial charge in [0.25, 0.3) is 21.8 Å². The number of hydrogen-bond acceptors (Lipinski definition) is 4. The fourth-order valence-electron chi connectivity index (χ4n) is 2.74. The molecule has 3 N–H and O–H groups in total. The number of sulfonamides is 1. The quantitative estimate of drug-likeness (QED) is 0.541. The molecule has 0 aliphatic carbocycles. The Labute approximate surface area is 175 Å². The smallest absolute Gasteiger partial charge is 0.261 e. The second-order valence-corrected chi connectivity index (χ2v) is 8.08. The molecule has 0 spiro atoms. The lowest BCUT2D eigenvalue weighted by Crippen LogP contribution is -2.22. The van der Waals surface area contributed by atoms with E-state index in [0.717, 1.165) is 0 Å². The van der Waals surface area contributed by atoms with Gasteiger partial charge in [-0.3, -0.25) is 14.3 Å². The maximum absolute atomic E-state index is 12.6. The summed E-state index contributed by atoms with van der Waals surface area (Å²) in [5, 5.41) is 5.42. The molecule has 0 aliphatic rings. The van der Waals surface area contributed by atoms with Gasteiger partial charge in [-0.1, -0.05) is 30.3 Å². The summed E-state index contributed by atoms with van der Waals surface area (Å²) in [6.45, 7) is 2.32. The van der Waals surface area contributed by atoms with E-state index in [9.17, 15) is 18.0 Å². The second kappa shape index (κ2) is 9.23. The third-order valence-corrected chi connectivity index (χ3v) is 5.55. The van der Waals surface area contributed by atoms with Gasteiger partial charge in [-0.15, -0.1) is 0 Å². The first-order chi connectivity index (χ1) is 14.4. The molecule has 0 unspecified atom stereocenters. The van der Waals surface area contributed by atoms with Crippen LogP contribution >= 0.6 is 0 Å². The van der Waals surface area contributed by atoms with Crippen molar-refractivity contribution in [2.75, 3.05) is 16.6 Å². The molecule has 0 atom stereocenters. The highest BCUT2D eigenvalue weighted by Crippen LogP contribution is 2.18. The van der Waals surface area contributed by atoms with Crippen molar-refractivity contribution in [2.45, 2.75) is 11.8 Å². The molecule has 3 aromatic rings. The van der Waals surface area contributed by atoms with Crippen molar-refractivity contribution in [3.63, 3.8) is 0 Å². The molecular weight excluding hydrogens is 402 g/mol. The first-order valence-electron chi connectivity index (χ1n) is 9.26. The Bertz CT molecular complexity index is 1160. The van der Waals surface area contributed by atoms with Gasteiger partial charge in [0, 0.05) is 29.0 Å². The third kappa shape index (κ3) is 5.24. The lowest BCUT2D eigenvalue weighted by molar-refractivity contribution is 0.0954. The Kier molecular flexibility index (Phi) is 6.48. The minimum Gasteiger partial charge on any atom is -0.352 e. The standard InChI is InChI=1S/C22H21N3O4S/c1-2-23-21(26)16-8-6-10-18(14-16)24-22(27)17-9-7-11-19(15-17)25-30(28,29)20-12-4-3-5-13-20/h3-15,25H,2H2,1H3,(H,23,26)(H,24,27). The summed E-state index contributed by atoms with van der Waals surface area (Å²) in [6, 6.07) is 20.7. The largest absolute Gasteiger partial charge is 0.352 e. The van der Waals surface area contributed by atoms with Crippen LogP contribution in [0.1, 0.15) is 27.6 Å². The summed E-state index contributed by atoms with van der Waals surface area (Å²) in [5.74, 6) is -0.658. The van der Waals surface area contributed by atoms with E-state index in [4.69, 9.17) is 0 Å². The Hall–Kier alpha value is -3.65. The molecule has 2 amide bonds. The number of carbonyl (C=O) groups excluding carboxylic acids is 2. The molecule has 154 valence electrons. The van der Waals surface area contributed by atoms with Crippen molar-refractivity contribution in [3.8, 4) is 0 Å². The van der Waals surface area contributed by atoms with Crippen molar-refractivity contribution >= 4 is 33.2 Å². The maximum Gasteiger partial charge on any atom is 0.261 e. The monoisotopic (exact) mass is 423 g/mol. The zero-order chi connectivity index (χ0) is 21.6. The Morgan fingerprint density at radius 2 is 1.37 bits per heavy atom. The van der Waals surface area contributed by atoms with Crippen molar-refractivity contribution in [1.29, 1.82) is 0 Å². The van der Waals surface area contributed by atoms with Gasteiger partial charge in [0.05, 0.1) is 4.90 Å². The molecule has 0 heterocycles. The first-order valence-corrected chi connectivity index (χ1v) is 10.7. The van der Waals surface area contributed by atoms with Crippen LogP contribution in [0.4, 0.5) is 11.4 Å². The summed E-state index contributed by atoms with van der Waals surface area (Å²) in [7, 11) is -3.76. The Balaban J connectivity index is 1.75. The normalized spacial score (nSPS) is 10.8. The van der Waals surface area contributed by atoms with Crippen LogP contribution in [0.15, 0.2) is 83.8 Å². The Morgan fingerprint density at radius 1 is 0.767 bits per heavy atom. The molecule has 7 nitrogen and oxygen atoms in total. The summed E-state index contributed by atoms with van der Waals surface area (Å²) in [4.78, 5) is 24.7. The highest BCUT2D eigenvalue weighted by Gasteiger charge is 2.15. The van der Waals surface area contributed by atoms with Gasteiger partial charge in [-0.25, -0.2) is 8.42 Å². The summed E-state index contributed by atoms with van der Waals surface area (Å²) >= 11 is 0. The van der Waals surface area contributed by atoms with Crippen LogP contribution in [-0.2, 0) is 10.0 Å². The molecule has 0 radical (unpaired) electrons. The van der Waals surface area contributed by atoms with Gasteiger partial charge >= 0.3 is 0 Å². The number of anilines is 2. The predicted molar refractivity (Wildman–Crippen MR) is 116 cm³/mol. The predicted octanol–water partition coefficient (Wildman–Crippen LogP) is 3.49. The summed E-state index contributed by atoms with van der Waals surface area (Å²) in [5.41, 5.74) is 1.42. The van der Waals surface area contributed by atoms with Crippen LogP contribution < -0.4 is 15.4 Å². The van der Waals surface area contributed by atoms with Crippen LogP contribution in [0.2, 0.25) is 0 Å². The molecule has 0 saturated carbocycles. The molecule has 3 rings (SSSR count). The number of nitrogens with one attached hydrogen (secondary N) is 3. The van der Waals surface area contributed by atoms with Crippen molar-refractivity contribution in [3.05, 3.63) is 90.0 Å². The third-order valence-electron chi connectivity index (χ3n) is 4.15. The van der Waals surface area contributed by atoms with Gasteiger partial charge in [-0.2, -0.15) is 0 Å². The highest BCUT2D eigenvalue weighted by atomic mass is 32.2. The zero-order valence-electron chi connectivity index (χ0n) is 16.3. The molecule has 0 saturated heterocycles. The summed E-state index contributed by atoms with van der Waals surface area (Å²) in [6.07, 6.45) is 0. The van der Waals surface area contributed by atoms with Crippen molar-refractivity contribution in [1.82, 2.24) is 5.32 Å². The first kappa shape index (κ1) is 21.1. The average molecular weight is 423 g/mol. The van der Waals surface area contributed by atoms with Crippen LogP contribution in [-0.4, -0.2) is 26.8 Å². The highest BCUT2D eigenvalue weighted by molar-refractivity contribution is 7.92. The zero-order valence-corrected chi connectivity index (χ0v) is 17.1. The maximum atomic E-state index is 12.6. The topological polar surface area (TPSA) is 104 Å². The van der Waals surface area contributed by atoms with Gasteiger partial charge < -0.3 is 10.6 Å². The van der Waals surface area contributed by atoms with E-state index in [0.29, 0.717) is 17.8 Å². The molecule has 0 aliphatic heterocycles. The van der Waals surface area contributed by atoms with Gasteiger partial charge in [0.1, 0.15) is 0 Å². The van der Waals surface area contributed by atoms with E-state index < -0.39 is 15.9 Å². The number of benzene rings is 3. The average Bonchev–Trinajstić information content (AvgIpc) is 2.74. The van der Waals surface area contributed by atoms with Crippen LogP contribution in [0, 0.1) is 0 Å². The molecule has 30 heavy (non-hydrogen) atoms. The fourth-order valence-corrected chi connectivity index (χ4v) is 3.81.